The Morgan fingerprint density at radius 1 is 1.43 bits per heavy atom. The molecule has 2 heterocycles. The first-order valence-corrected chi connectivity index (χ1v) is 9.16. The van der Waals surface area contributed by atoms with Crippen LogP contribution in [0.1, 0.15) is 38.8 Å². The molecule has 21 heavy (non-hydrogen) atoms. The van der Waals surface area contributed by atoms with Crippen LogP contribution in [0.25, 0.3) is 10.6 Å². The molecule has 1 fully saturated rings. The van der Waals surface area contributed by atoms with Crippen LogP contribution in [0.15, 0.2) is 5.38 Å². The molecule has 114 valence electrons. The number of aryl methyl sites for hydroxylation is 1. The Morgan fingerprint density at radius 2 is 2.19 bits per heavy atom. The molecule has 1 aliphatic rings. The molecule has 0 spiro atoms. The van der Waals surface area contributed by atoms with E-state index < -0.39 is 0 Å². The number of hydrogen-bond donors (Lipinski definition) is 1. The van der Waals surface area contributed by atoms with Gasteiger partial charge in [-0.25, -0.2) is 4.98 Å². The average molecular weight is 323 g/mol. The summed E-state index contributed by atoms with van der Waals surface area (Å²) in [5.41, 5.74) is 8.23. The highest BCUT2D eigenvalue weighted by molar-refractivity contribution is 7.15. The number of thiazole rings is 1. The fraction of sp³-hybridized carbons (Fsp3) is 0.600. The van der Waals surface area contributed by atoms with Crippen LogP contribution >= 0.6 is 22.9 Å². The maximum Gasteiger partial charge on any atom is 0.149 e. The standard InChI is InChI=1S/C15H22N4S2/c1-9(2)6-7-19(11-4-5-11)15-12(13(16)18-21-15)14-17-10(3)8-20-14/h8-9,11H,4-7H2,1-3H3,(H2,16,18). The van der Waals surface area contributed by atoms with Crippen LogP contribution in [0.3, 0.4) is 0 Å². The monoisotopic (exact) mass is 322 g/mol. The van der Waals surface area contributed by atoms with Gasteiger partial charge < -0.3 is 10.6 Å². The summed E-state index contributed by atoms with van der Waals surface area (Å²) in [4.78, 5) is 7.12. The molecule has 0 radical (unpaired) electrons. The van der Waals surface area contributed by atoms with Crippen LogP contribution in [0.4, 0.5) is 10.8 Å². The number of nitrogens with two attached hydrogens (primary N) is 1. The summed E-state index contributed by atoms with van der Waals surface area (Å²) in [5, 5.41) is 4.29. The van der Waals surface area contributed by atoms with Gasteiger partial charge in [-0.1, -0.05) is 13.8 Å². The third-order valence-corrected chi connectivity index (χ3v) is 5.61. The first kappa shape index (κ1) is 14.8. The Kier molecular flexibility index (Phi) is 4.17. The molecule has 0 bridgehead atoms. The molecule has 1 saturated carbocycles. The molecule has 0 unspecified atom stereocenters. The molecule has 2 aromatic heterocycles. The van der Waals surface area contributed by atoms with Crippen molar-refractivity contribution in [2.75, 3.05) is 17.2 Å². The quantitative estimate of drug-likeness (QED) is 0.867. The average Bonchev–Trinajstić information content (AvgIpc) is 3.07. The van der Waals surface area contributed by atoms with E-state index in [1.165, 1.54) is 35.8 Å². The van der Waals surface area contributed by atoms with E-state index in [9.17, 15) is 0 Å². The van der Waals surface area contributed by atoms with Crippen LogP contribution in [0, 0.1) is 12.8 Å². The van der Waals surface area contributed by atoms with Gasteiger partial charge in [-0.3, -0.25) is 0 Å². The highest BCUT2D eigenvalue weighted by Crippen LogP contribution is 2.44. The lowest BCUT2D eigenvalue weighted by Crippen LogP contribution is -2.27. The first-order chi connectivity index (χ1) is 10.1. The Balaban J connectivity index is 1.93. The van der Waals surface area contributed by atoms with Crippen molar-refractivity contribution < 1.29 is 0 Å². The summed E-state index contributed by atoms with van der Waals surface area (Å²) in [7, 11) is 0. The highest BCUT2D eigenvalue weighted by atomic mass is 32.1. The molecular formula is C15H22N4S2. The maximum absolute atomic E-state index is 6.14. The van der Waals surface area contributed by atoms with Gasteiger partial charge in [-0.2, -0.15) is 4.37 Å². The van der Waals surface area contributed by atoms with Crippen LogP contribution in [0.2, 0.25) is 0 Å². The molecule has 2 aromatic rings. The Bertz CT molecular complexity index is 613. The van der Waals surface area contributed by atoms with Gasteiger partial charge in [0.05, 0.1) is 5.56 Å². The van der Waals surface area contributed by atoms with E-state index in [4.69, 9.17) is 5.73 Å². The van der Waals surface area contributed by atoms with Gasteiger partial charge in [0.15, 0.2) is 0 Å². The van der Waals surface area contributed by atoms with Crippen molar-refractivity contribution in [2.24, 2.45) is 5.92 Å². The van der Waals surface area contributed by atoms with Gasteiger partial charge in [0, 0.05) is 23.7 Å². The highest BCUT2D eigenvalue weighted by Gasteiger charge is 2.33. The molecule has 0 amide bonds. The van der Waals surface area contributed by atoms with Gasteiger partial charge in [0.2, 0.25) is 0 Å². The first-order valence-electron chi connectivity index (χ1n) is 7.50. The van der Waals surface area contributed by atoms with Crippen LogP contribution in [-0.4, -0.2) is 21.9 Å². The van der Waals surface area contributed by atoms with Crippen molar-refractivity contribution in [2.45, 2.75) is 46.1 Å². The molecule has 2 N–H and O–H groups in total. The van der Waals surface area contributed by atoms with E-state index in [1.54, 1.807) is 11.3 Å². The lowest BCUT2D eigenvalue weighted by atomic mass is 10.1. The van der Waals surface area contributed by atoms with E-state index in [-0.39, 0.29) is 0 Å². The van der Waals surface area contributed by atoms with E-state index >= 15 is 0 Å². The topological polar surface area (TPSA) is 55.0 Å². The Hall–Kier alpha value is -1.14. The predicted octanol–water partition coefficient (Wildman–Crippen LogP) is 4.17. The number of rotatable bonds is 6. The molecule has 6 heteroatoms. The van der Waals surface area contributed by atoms with Crippen molar-refractivity contribution in [1.29, 1.82) is 0 Å². The van der Waals surface area contributed by atoms with Crippen molar-refractivity contribution in [3.8, 4) is 10.6 Å². The van der Waals surface area contributed by atoms with E-state index in [2.05, 4.69) is 33.5 Å². The number of hydrogen-bond acceptors (Lipinski definition) is 6. The molecule has 3 rings (SSSR count). The molecular weight excluding hydrogens is 300 g/mol. The second-order valence-corrected chi connectivity index (χ2v) is 7.76. The minimum Gasteiger partial charge on any atom is -0.382 e. The summed E-state index contributed by atoms with van der Waals surface area (Å²) in [5.74, 6) is 1.33. The summed E-state index contributed by atoms with van der Waals surface area (Å²) < 4.78 is 4.40. The number of nitrogens with zero attached hydrogens (tertiary/aromatic N) is 3. The van der Waals surface area contributed by atoms with Crippen molar-refractivity contribution in [3.63, 3.8) is 0 Å². The van der Waals surface area contributed by atoms with Gasteiger partial charge in [-0.15, -0.1) is 11.3 Å². The van der Waals surface area contributed by atoms with E-state index in [1.807, 2.05) is 6.92 Å². The van der Waals surface area contributed by atoms with Crippen LogP contribution in [0.5, 0.6) is 0 Å². The Labute approximate surface area is 134 Å². The lowest BCUT2D eigenvalue weighted by Gasteiger charge is -2.24. The predicted molar refractivity (Wildman–Crippen MR) is 92.2 cm³/mol. The van der Waals surface area contributed by atoms with Crippen LogP contribution in [-0.2, 0) is 0 Å². The second kappa shape index (κ2) is 5.93. The summed E-state index contributed by atoms with van der Waals surface area (Å²) in [6.45, 7) is 7.66. The fourth-order valence-corrected chi connectivity index (χ4v) is 4.22. The van der Waals surface area contributed by atoms with Gasteiger partial charge in [-0.05, 0) is 43.6 Å². The third kappa shape index (κ3) is 3.21. The van der Waals surface area contributed by atoms with Crippen molar-refractivity contribution in [1.82, 2.24) is 9.36 Å². The largest absolute Gasteiger partial charge is 0.382 e. The van der Waals surface area contributed by atoms with E-state index in [0.29, 0.717) is 17.8 Å². The second-order valence-electron chi connectivity index (χ2n) is 6.15. The molecule has 1 aliphatic carbocycles. The zero-order valence-electron chi connectivity index (χ0n) is 12.8. The molecule has 4 nitrogen and oxygen atoms in total. The summed E-state index contributed by atoms with van der Waals surface area (Å²) >= 11 is 3.18. The minimum absolute atomic E-state index is 0.625. The number of aromatic nitrogens is 2. The smallest absolute Gasteiger partial charge is 0.149 e. The number of nitrogen functional groups attached to an aromatic ring is 1. The van der Waals surface area contributed by atoms with Crippen molar-refractivity contribution >= 4 is 33.7 Å². The number of anilines is 2. The normalized spacial score (nSPS) is 14.9. The van der Waals surface area contributed by atoms with Gasteiger partial charge in [0.25, 0.3) is 0 Å². The Morgan fingerprint density at radius 3 is 2.76 bits per heavy atom. The van der Waals surface area contributed by atoms with Gasteiger partial charge >= 0.3 is 0 Å². The molecule has 0 aromatic carbocycles. The SMILES string of the molecule is Cc1csc(-c2c(N)nsc2N(CCC(C)C)C2CC2)n1. The summed E-state index contributed by atoms with van der Waals surface area (Å²) in [6, 6.07) is 0.670. The lowest BCUT2D eigenvalue weighted by molar-refractivity contribution is 0.572. The fourth-order valence-electron chi connectivity index (χ4n) is 2.39. The zero-order chi connectivity index (χ0) is 15.0. The van der Waals surface area contributed by atoms with Crippen molar-refractivity contribution in [3.05, 3.63) is 11.1 Å². The zero-order valence-corrected chi connectivity index (χ0v) is 14.4. The summed E-state index contributed by atoms with van der Waals surface area (Å²) in [6.07, 6.45) is 3.77. The molecule has 0 aliphatic heterocycles. The maximum atomic E-state index is 6.14. The van der Waals surface area contributed by atoms with Gasteiger partial charge in [0.1, 0.15) is 15.8 Å². The van der Waals surface area contributed by atoms with Crippen LogP contribution < -0.4 is 10.6 Å². The molecule has 0 atom stereocenters. The molecule has 0 saturated heterocycles. The third-order valence-electron chi connectivity index (χ3n) is 3.73. The van der Waals surface area contributed by atoms with E-state index in [0.717, 1.165) is 22.8 Å². The minimum atomic E-state index is 0.625.